The molecular formula is C14H14N2O4S. The molecule has 0 aliphatic heterocycles. The van der Waals surface area contributed by atoms with Crippen LogP contribution in [0.1, 0.15) is 28.2 Å². The average molecular weight is 306 g/mol. The molecule has 2 N–H and O–H groups in total. The molecule has 2 aromatic rings. The van der Waals surface area contributed by atoms with Gasteiger partial charge in [0.1, 0.15) is 10.9 Å². The fraction of sp³-hybridized carbons (Fsp3) is 0.214. The number of aliphatic carboxylic acids is 1. The van der Waals surface area contributed by atoms with Crippen molar-refractivity contribution in [2.24, 2.45) is 0 Å². The highest BCUT2D eigenvalue weighted by atomic mass is 32.2. The second-order valence-electron chi connectivity index (χ2n) is 4.07. The number of aromatic nitrogens is 2. The highest BCUT2D eigenvalue weighted by Gasteiger charge is 2.23. The molecule has 1 heterocycles. The van der Waals surface area contributed by atoms with Crippen molar-refractivity contribution in [3.63, 3.8) is 0 Å². The van der Waals surface area contributed by atoms with E-state index in [0.717, 1.165) is 11.8 Å². The number of carboxylic acid groups (broad SMARTS) is 1. The van der Waals surface area contributed by atoms with Crippen LogP contribution in [0.2, 0.25) is 0 Å². The molecule has 1 unspecified atom stereocenters. The van der Waals surface area contributed by atoms with E-state index in [4.69, 9.17) is 4.74 Å². The molecule has 0 saturated heterocycles. The molecule has 0 aliphatic carbocycles. The van der Waals surface area contributed by atoms with E-state index in [2.05, 4.69) is 9.97 Å². The number of carboxylic acids is 1. The summed E-state index contributed by atoms with van der Waals surface area (Å²) in [7, 11) is 0. The van der Waals surface area contributed by atoms with Crippen LogP contribution in [0.3, 0.4) is 0 Å². The molecule has 21 heavy (non-hydrogen) atoms. The lowest BCUT2D eigenvalue weighted by molar-refractivity contribution is -0.136. The lowest BCUT2D eigenvalue weighted by atomic mass is 10.1. The minimum Gasteiger partial charge on any atom is -0.480 e. The largest absolute Gasteiger partial charge is 0.480 e. The number of carbonyl (C=O) groups excluding carboxylic acids is 1. The molecule has 1 atom stereocenters. The lowest BCUT2D eigenvalue weighted by Gasteiger charge is -2.10. The van der Waals surface area contributed by atoms with Gasteiger partial charge >= 0.3 is 11.9 Å². The first-order chi connectivity index (χ1) is 10.1. The van der Waals surface area contributed by atoms with Gasteiger partial charge in [-0.1, -0.05) is 42.1 Å². The number of carbonyl (C=O) groups is 2. The SMILES string of the molecule is CCOC(=O)c1cnc(SC(C(=O)O)c2ccccc2)[nH]1. The Hall–Kier alpha value is -2.28. The van der Waals surface area contributed by atoms with Crippen molar-refractivity contribution in [1.29, 1.82) is 0 Å². The van der Waals surface area contributed by atoms with E-state index in [9.17, 15) is 14.7 Å². The van der Waals surface area contributed by atoms with Gasteiger partial charge in [-0.2, -0.15) is 0 Å². The summed E-state index contributed by atoms with van der Waals surface area (Å²) in [5.74, 6) is -1.48. The molecule has 1 aromatic heterocycles. The van der Waals surface area contributed by atoms with Crippen LogP contribution in [-0.2, 0) is 9.53 Å². The molecule has 0 spiro atoms. The number of hydrogen-bond donors (Lipinski definition) is 2. The highest BCUT2D eigenvalue weighted by Crippen LogP contribution is 2.33. The van der Waals surface area contributed by atoms with Crippen molar-refractivity contribution in [2.45, 2.75) is 17.3 Å². The number of thioether (sulfide) groups is 1. The molecule has 0 saturated carbocycles. The summed E-state index contributed by atoms with van der Waals surface area (Å²) in [5.41, 5.74) is 0.862. The van der Waals surface area contributed by atoms with Crippen LogP contribution in [0.4, 0.5) is 0 Å². The lowest BCUT2D eigenvalue weighted by Crippen LogP contribution is -2.08. The molecule has 1 aromatic carbocycles. The Morgan fingerprint density at radius 1 is 1.38 bits per heavy atom. The zero-order valence-electron chi connectivity index (χ0n) is 11.3. The Kier molecular flexibility index (Phi) is 4.99. The Bertz CT molecular complexity index is 627. The number of rotatable bonds is 6. The Morgan fingerprint density at radius 2 is 2.10 bits per heavy atom. The number of aromatic amines is 1. The van der Waals surface area contributed by atoms with E-state index in [1.165, 1.54) is 6.20 Å². The predicted octanol–water partition coefficient (Wildman–Crippen LogP) is 2.50. The first-order valence-electron chi connectivity index (χ1n) is 6.28. The van der Waals surface area contributed by atoms with E-state index in [1.807, 2.05) is 6.07 Å². The maximum Gasteiger partial charge on any atom is 0.356 e. The van der Waals surface area contributed by atoms with Gasteiger partial charge in [0.05, 0.1) is 12.8 Å². The van der Waals surface area contributed by atoms with Crippen LogP contribution in [-0.4, -0.2) is 33.6 Å². The molecule has 0 amide bonds. The second-order valence-corrected chi connectivity index (χ2v) is 5.16. The van der Waals surface area contributed by atoms with Gasteiger partial charge in [0.2, 0.25) is 0 Å². The quantitative estimate of drug-likeness (QED) is 0.629. The normalized spacial score (nSPS) is 11.9. The van der Waals surface area contributed by atoms with Crippen molar-refractivity contribution in [3.05, 3.63) is 47.8 Å². The monoisotopic (exact) mass is 306 g/mol. The average Bonchev–Trinajstić information content (AvgIpc) is 2.94. The van der Waals surface area contributed by atoms with Gasteiger partial charge in [0.25, 0.3) is 0 Å². The highest BCUT2D eigenvalue weighted by molar-refractivity contribution is 8.00. The number of nitrogens with zero attached hydrogens (tertiary/aromatic N) is 1. The van der Waals surface area contributed by atoms with Crippen LogP contribution >= 0.6 is 11.8 Å². The van der Waals surface area contributed by atoms with Gasteiger partial charge in [0.15, 0.2) is 5.16 Å². The van der Waals surface area contributed by atoms with Crippen LogP contribution in [0.25, 0.3) is 0 Å². The number of hydrogen-bond acceptors (Lipinski definition) is 5. The van der Waals surface area contributed by atoms with Gasteiger partial charge in [-0.25, -0.2) is 9.78 Å². The number of H-pyrrole nitrogens is 1. The summed E-state index contributed by atoms with van der Waals surface area (Å²) >= 11 is 1.03. The minimum absolute atomic E-state index is 0.205. The molecular weight excluding hydrogens is 292 g/mol. The number of ether oxygens (including phenoxy) is 1. The summed E-state index contributed by atoms with van der Waals surface area (Å²) in [6.07, 6.45) is 1.34. The number of esters is 1. The van der Waals surface area contributed by atoms with Crippen molar-refractivity contribution >= 4 is 23.7 Å². The van der Waals surface area contributed by atoms with E-state index in [1.54, 1.807) is 31.2 Å². The van der Waals surface area contributed by atoms with E-state index >= 15 is 0 Å². The van der Waals surface area contributed by atoms with E-state index < -0.39 is 17.2 Å². The van der Waals surface area contributed by atoms with E-state index in [0.29, 0.717) is 10.7 Å². The van der Waals surface area contributed by atoms with Crippen LogP contribution < -0.4 is 0 Å². The fourth-order valence-electron chi connectivity index (χ4n) is 1.68. The smallest absolute Gasteiger partial charge is 0.356 e. The molecule has 0 fully saturated rings. The molecule has 2 rings (SSSR count). The Labute approximate surface area is 125 Å². The van der Waals surface area contributed by atoms with Crippen molar-refractivity contribution in [3.8, 4) is 0 Å². The van der Waals surface area contributed by atoms with Crippen molar-refractivity contribution in [2.75, 3.05) is 6.61 Å². The number of benzene rings is 1. The predicted molar refractivity (Wildman–Crippen MR) is 77.2 cm³/mol. The van der Waals surface area contributed by atoms with Crippen LogP contribution in [0, 0.1) is 0 Å². The van der Waals surface area contributed by atoms with Gasteiger partial charge in [0, 0.05) is 0 Å². The first kappa shape index (κ1) is 15.1. The van der Waals surface area contributed by atoms with Gasteiger partial charge in [-0.15, -0.1) is 0 Å². The second kappa shape index (κ2) is 6.94. The number of nitrogens with one attached hydrogen (secondary N) is 1. The number of imidazole rings is 1. The van der Waals surface area contributed by atoms with Crippen molar-refractivity contribution in [1.82, 2.24) is 9.97 Å². The third-order valence-corrected chi connectivity index (χ3v) is 3.74. The van der Waals surface area contributed by atoms with Crippen LogP contribution in [0.15, 0.2) is 41.7 Å². The third-order valence-electron chi connectivity index (χ3n) is 2.60. The summed E-state index contributed by atoms with van der Waals surface area (Å²) in [6, 6.07) is 8.84. The summed E-state index contributed by atoms with van der Waals surface area (Å²) < 4.78 is 4.84. The van der Waals surface area contributed by atoms with Crippen LogP contribution in [0.5, 0.6) is 0 Å². The molecule has 0 radical (unpaired) electrons. The Balaban J connectivity index is 2.15. The van der Waals surface area contributed by atoms with Gasteiger partial charge in [-0.05, 0) is 12.5 Å². The zero-order valence-corrected chi connectivity index (χ0v) is 12.1. The molecule has 0 aliphatic rings. The summed E-state index contributed by atoms with van der Waals surface area (Å²) in [5, 5.41) is 8.89. The zero-order chi connectivity index (χ0) is 15.2. The van der Waals surface area contributed by atoms with Gasteiger partial charge in [-0.3, -0.25) is 4.79 Å². The topological polar surface area (TPSA) is 92.3 Å². The Morgan fingerprint density at radius 3 is 2.71 bits per heavy atom. The molecule has 6 nitrogen and oxygen atoms in total. The van der Waals surface area contributed by atoms with Gasteiger partial charge < -0.3 is 14.8 Å². The summed E-state index contributed by atoms with van der Waals surface area (Å²) in [4.78, 5) is 29.7. The minimum atomic E-state index is -0.972. The third kappa shape index (κ3) is 3.85. The first-order valence-corrected chi connectivity index (χ1v) is 7.16. The fourth-order valence-corrected chi connectivity index (χ4v) is 2.58. The standard InChI is InChI=1S/C14H14N2O4S/c1-2-20-13(19)10-8-15-14(16-10)21-11(12(17)18)9-6-4-3-5-7-9/h3-8,11H,2H2,1H3,(H,15,16)(H,17,18). The molecule has 110 valence electrons. The molecule has 0 bridgehead atoms. The maximum atomic E-state index is 11.5. The summed E-state index contributed by atoms with van der Waals surface area (Å²) in [6.45, 7) is 1.97. The van der Waals surface area contributed by atoms with Crippen molar-refractivity contribution < 1.29 is 19.4 Å². The maximum absolute atomic E-state index is 11.5. The van der Waals surface area contributed by atoms with E-state index in [-0.39, 0.29) is 12.3 Å². The molecule has 7 heteroatoms.